The van der Waals surface area contributed by atoms with Gasteiger partial charge in [0.15, 0.2) is 5.82 Å². The number of aromatic nitrogens is 2. The highest BCUT2D eigenvalue weighted by Crippen LogP contribution is 2.42. The van der Waals surface area contributed by atoms with E-state index in [1.807, 2.05) is 13.8 Å². The zero-order valence-electron chi connectivity index (χ0n) is 10.9. The molecule has 5 nitrogen and oxygen atoms in total. The average molecular weight is 305 g/mol. The molecule has 2 aliphatic rings. The summed E-state index contributed by atoms with van der Waals surface area (Å²) in [6.07, 6.45) is 5.00. The van der Waals surface area contributed by atoms with Gasteiger partial charge in [0.25, 0.3) is 0 Å². The molecule has 1 aliphatic heterocycles. The molecule has 1 aromatic rings. The van der Waals surface area contributed by atoms with Crippen molar-refractivity contribution in [1.82, 2.24) is 9.97 Å². The fourth-order valence-electron chi connectivity index (χ4n) is 2.63. The minimum Gasteiger partial charge on any atom is -0.328 e. The first-order chi connectivity index (χ1) is 8.01. The Morgan fingerprint density at radius 2 is 1.84 bits per heavy atom. The van der Waals surface area contributed by atoms with E-state index in [0.29, 0.717) is 0 Å². The van der Waals surface area contributed by atoms with Gasteiger partial charge in [0.05, 0.1) is 11.1 Å². The number of amides is 1. The smallest absolute Gasteiger partial charge is 0.240 e. The summed E-state index contributed by atoms with van der Waals surface area (Å²) < 4.78 is 0. The Morgan fingerprint density at radius 1 is 1.26 bits per heavy atom. The first-order valence-electron chi connectivity index (χ1n) is 5.92. The molecule has 0 unspecified atom stereocenters. The van der Waals surface area contributed by atoms with E-state index in [9.17, 15) is 4.79 Å². The third-order valence-corrected chi connectivity index (χ3v) is 3.77. The average Bonchev–Trinajstić information content (AvgIpc) is 2.45. The van der Waals surface area contributed by atoms with Gasteiger partial charge in [-0.15, -0.1) is 24.8 Å². The molecule has 0 saturated heterocycles. The van der Waals surface area contributed by atoms with Gasteiger partial charge in [0.2, 0.25) is 5.91 Å². The van der Waals surface area contributed by atoms with Gasteiger partial charge >= 0.3 is 0 Å². The number of fused-ring (bicyclic) bond motifs is 1. The summed E-state index contributed by atoms with van der Waals surface area (Å²) in [6, 6.07) is 0.423. The van der Waals surface area contributed by atoms with E-state index in [-0.39, 0.29) is 42.8 Å². The molecule has 1 aromatic heterocycles. The summed E-state index contributed by atoms with van der Waals surface area (Å²) in [7, 11) is 0. The Bertz CT molecular complexity index is 488. The molecule has 7 heteroatoms. The number of rotatable bonds is 1. The zero-order valence-corrected chi connectivity index (χ0v) is 12.5. The Labute approximate surface area is 124 Å². The predicted molar refractivity (Wildman–Crippen MR) is 78.0 cm³/mol. The van der Waals surface area contributed by atoms with Crippen LogP contribution in [0.4, 0.5) is 5.82 Å². The van der Waals surface area contributed by atoms with Gasteiger partial charge in [-0.3, -0.25) is 14.7 Å². The molecule has 0 atom stereocenters. The van der Waals surface area contributed by atoms with Crippen molar-refractivity contribution in [3.63, 3.8) is 0 Å². The maximum absolute atomic E-state index is 12.4. The molecular formula is C12H18Cl2N4O. The van der Waals surface area contributed by atoms with E-state index in [2.05, 4.69) is 9.97 Å². The van der Waals surface area contributed by atoms with Gasteiger partial charge in [-0.05, 0) is 26.7 Å². The van der Waals surface area contributed by atoms with Crippen molar-refractivity contribution in [1.29, 1.82) is 0 Å². The van der Waals surface area contributed by atoms with E-state index in [1.54, 1.807) is 17.3 Å². The summed E-state index contributed by atoms with van der Waals surface area (Å²) >= 11 is 0. The number of carbonyl (C=O) groups excluding carboxylic acids is 1. The molecule has 1 saturated carbocycles. The molecule has 19 heavy (non-hydrogen) atoms. The number of halogens is 2. The number of carbonyl (C=O) groups is 1. The van der Waals surface area contributed by atoms with Crippen LogP contribution in [0.2, 0.25) is 0 Å². The summed E-state index contributed by atoms with van der Waals surface area (Å²) in [5, 5.41) is 0. The predicted octanol–water partition coefficient (Wildman–Crippen LogP) is 1.43. The van der Waals surface area contributed by atoms with Crippen LogP contribution in [0.15, 0.2) is 12.4 Å². The Kier molecular flexibility index (Phi) is 4.44. The number of hydrogen-bond donors (Lipinski definition) is 1. The maximum atomic E-state index is 12.4. The van der Waals surface area contributed by atoms with Crippen molar-refractivity contribution >= 4 is 36.5 Å². The van der Waals surface area contributed by atoms with Crippen molar-refractivity contribution in [2.75, 3.05) is 4.90 Å². The van der Waals surface area contributed by atoms with Gasteiger partial charge in [-0.2, -0.15) is 0 Å². The lowest BCUT2D eigenvalue weighted by Gasteiger charge is -2.39. The second kappa shape index (κ2) is 5.23. The SMILES string of the molecule is CC1(C)C(=O)N([C@H]2C[C@H](N)C2)c2nccnc21.Cl.Cl. The maximum Gasteiger partial charge on any atom is 0.240 e. The number of nitrogens with zero attached hydrogens (tertiary/aromatic N) is 3. The Balaban J connectivity index is 0.000000902. The third-order valence-electron chi connectivity index (χ3n) is 3.77. The molecule has 2 N–H and O–H groups in total. The van der Waals surface area contributed by atoms with Crippen LogP contribution >= 0.6 is 24.8 Å². The van der Waals surface area contributed by atoms with Gasteiger partial charge in [-0.1, -0.05) is 0 Å². The first kappa shape index (κ1) is 16.1. The van der Waals surface area contributed by atoms with Gasteiger partial charge in [-0.25, -0.2) is 4.98 Å². The summed E-state index contributed by atoms with van der Waals surface area (Å²) in [6.45, 7) is 3.81. The molecule has 0 aromatic carbocycles. The van der Waals surface area contributed by atoms with Crippen molar-refractivity contribution < 1.29 is 4.79 Å². The zero-order chi connectivity index (χ0) is 12.2. The van der Waals surface area contributed by atoms with Crippen LogP contribution in [-0.2, 0) is 10.2 Å². The van der Waals surface area contributed by atoms with Crippen molar-refractivity contribution in [2.45, 2.75) is 44.2 Å². The number of nitrogens with two attached hydrogens (primary N) is 1. The highest BCUT2D eigenvalue weighted by molar-refractivity contribution is 6.06. The quantitative estimate of drug-likeness (QED) is 0.852. The van der Waals surface area contributed by atoms with Gasteiger partial charge in [0, 0.05) is 24.5 Å². The highest BCUT2D eigenvalue weighted by Gasteiger charge is 2.50. The molecular weight excluding hydrogens is 287 g/mol. The van der Waals surface area contributed by atoms with Crippen LogP contribution < -0.4 is 10.6 Å². The van der Waals surface area contributed by atoms with Crippen LogP contribution in [0.3, 0.4) is 0 Å². The van der Waals surface area contributed by atoms with Gasteiger partial charge < -0.3 is 5.73 Å². The largest absolute Gasteiger partial charge is 0.328 e. The summed E-state index contributed by atoms with van der Waals surface area (Å²) in [5.74, 6) is 0.815. The second-order valence-corrected chi connectivity index (χ2v) is 5.41. The van der Waals surface area contributed by atoms with Crippen LogP contribution in [0.5, 0.6) is 0 Å². The van der Waals surface area contributed by atoms with E-state index >= 15 is 0 Å². The van der Waals surface area contributed by atoms with Crippen LogP contribution in [0.1, 0.15) is 32.4 Å². The van der Waals surface area contributed by atoms with Crippen LogP contribution in [0, 0.1) is 0 Å². The topological polar surface area (TPSA) is 72.1 Å². The van der Waals surface area contributed by atoms with Crippen LogP contribution in [-0.4, -0.2) is 28.0 Å². The minimum atomic E-state index is -0.566. The molecule has 106 valence electrons. The lowest BCUT2D eigenvalue weighted by molar-refractivity contribution is -0.123. The number of hydrogen-bond acceptors (Lipinski definition) is 4. The van der Waals surface area contributed by atoms with E-state index in [4.69, 9.17) is 5.73 Å². The van der Waals surface area contributed by atoms with Crippen molar-refractivity contribution in [3.05, 3.63) is 18.1 Å². The fourth-order valence-corrected chi connectivity index (χ4v) is 2.63. The lowest BCUT2D eigenvalue weighted by atomic mass is 9.85. The summed E-state index contributed by atoms with van der Waals surface area (Å²) in [5.41, 5.74) is 6.01. The standard InChI is InChI=1S/C12H16N4O.2ClH/c1-12(2)9-10(15-4-3-14-9)16(11(12)17)8-5-7(13)6-8;;/h3-4,7-8H,5-6,13H2,1-2H3;2*1H/t7-,8-;;. The first-order valence-corrected chi connectivity index (χ1v) is 5.92. The molecule has 3 rings (SSSR count). The Hall–Kier alpha value is -0.910. The molecule has 1 amide bonds. The van der Waals surface area contributed by atoms with E-state index < -0.39 is 5.41 Å². The minimum absolute atomic E-state index is 0. The van der Waals surface area contributed by atoms with Gasteiger partial charge in [0.1, 0.15) is 0 Å². The van der Waals surface area contributed by atoms with Crippen molar-refractivity contribution in [3.8, 4) is 0 Å². The molecule has 1 aliphatic carbocycles. The summed E-state index contributed by atoms with van der Waals surface area (Å²) in [4.78, 5) is 22.9. The molecule has 1 fully saturated rings. The van der Waals surface area contributed by atoms with Crippen molar-refractivity contribution in [2.24, 2.45) is 5.73 Å². The monoisotopic (exact) mass is 304 g/mol. The molecule has 0 radical (unpaired) electrons. The molecule has 2 heterocycles. The lowest BCUT2D eigenvalue weighted by Crippen LogP contribution is -2.53. The van der Waals surface area contributed by atoms with E-state index in [1.165, 1.54) is 0 Å². The fraction of sp³-hybridized carbons (Fsp3) is 0.583. The highest BCUT2D eigenvalue weighted by atomic mass is 35.5. The van der Waals surface area contributed by atoms with Crippen LogP contribution in [0.25, 0.3) is 0 Å². The normalized spacial score (nSPS) is 26.9. The second-order valence-electron chi connectivity index (χ2n) is 5.41. The van der Waals surface area contributed by atoms with E-state index in [0.717, 1.165) is 24.4 Å². The molecule has 0 spiro atoms. The number of anilines is 1. The Morgan fingerprint density at radius 3 is 2.42 bits per heavy atom. The molecule has 0 bridgehead atoms. The third kappa shape index (κ3) is 2.20.